The third-order valence-corrected chi connectivity index (χ3v) is 2.17. The third kappa shape index (κ3) is 3.29. The Morgan fingerprint density at radius 1 is 1.46 bits per heavy atom. The van der Waals surface area contributed by atoms with Gasteiger partial charge in [-0.15, -0.1) is 0 Å². The van der Waals surface area contributed by atoms with Crippen molar-refractivity contribution in [1.82, 2.24) is 0 Å². The molecular weight excluding hydrogens is 265 g/mol. The minimum absolute atomic E-state index is 0.178. The van der Waals surface area contributed by atoms with E-state index in [0.29, 0.717) is 4.47 Å². The van der Waals surface area contributed by atoms with E-state index in [2.05, 4.69) is 25.3 Å². The highest BCUT2D eigenvalue weighted by Crippen LogP contribution is 2.25. The zero-order valence-electron chi connectivity index (χ0n) is 6.20. The molecule has 0 saturated heterocycles. The third-order valence-electron chi connectivity index (χ3n) is 1.10. The average molecular weight is 270 g/mol. The summed E-state index contributed by atoms with van der Waals surface area (Å²) in [7, 11) is -4.11. The molecule has 0 fully saturated rings. The van der Waals surface area contributed by atoms with Crippen molar-refractivity contribution < 1.29 is 17.0 Å². The topological polar surface area (TPSA) is 69.4 Å². The van der Waals surface area contributed by atoms with E-state index >= 15 is 0 Å². The lowest BCUT2D eigenvalue weighted by Crippen LogP contribution is -2.19. The summed E-state index contributed by atoms with van der Waals surface area (Å²) in [6, 6.07) is 3.38. The minimum Gasteiger partial charge on any atom is -0.370 e. The molecule has 0 aromatic heterocycles. The Labute approximate surface area is 82.9 Å². The second-order valence-electron chi connectivity index (χ2n) is 2.15. The molecule has 1 rings (SSSR count). The van der Waals surface area contributed by atoms with Crippen LogP contribution in [0.2, 0.25) is 0 Å². The van der Waals surface area contributed by atoms with Gasteiger partial charge in [-0.25, -0.2) is 4.39 Å². The maximum absolute atomic E-state index is 12.6. The van der Waals surface area contributed by atoms with E-state index in [1.807, 2.05) is 0 Å². The van der Waals surface area contributed by atoms with Gasteiger partial charge in [0.2, 0.25) is 0 Å². The number of benzene rings is 1. The van der Waals surface area contributed by atoms with Gasteiger partial charge in [-0.05, 0) is 28.1 Å². The fraction of sp³-hybridized carbons (Fsp3) is 0. The highest BCUT2D eigenvalue weighted by Gasteiger charge is 2.09. The zero-order chi connectivity index (χ0) is 10.1. The van der Waals surface area contributed by atoms with Crippen LogP contribution in [0.3, 0.4) is 0 Å². The molecule has 0 spiro atoms. The number of nitrogens with two attached hydrogens (primary N) is 1. The molecule has 0 bridgehead atoms. The van der Waals surface area contributed by atoms with Gasteiger partial charge < -0.3 is 4.18 Å². The summed E-state index contributed by atoms with van der Waals surface area (Å²) >= 11 is 2.97. The molecule has 0 heterocycles. The molecule has 4 nitrogen and oxygen atoms in total. The van der Waals surface area contributed by atoms with Gasteiger partial charge in [0.25, 0.3) is 0 Å². The van der Waals surface area contributed by atoms with E-state index < -0.39 is 16.1 Å². The average Bonchev–Trinajstić information content (AvgIpc) is 1.94. The lowest BCUT2D eigenvalue weighted by atomic mass is 10.3. The molecule has 0 unspecified atom stereocenters. The first-order chi connectivity index (χ1) is 5.88. The van der Waals surface area contributed by atoms with Gasteiger partial charge in [0.05, 0.1) is 4.47 Å². The Morgan fingerprint density at radius 3 is 2.62 bits per heavy atom. The van der Waals surface area contributed by atoms with Gasteiger partial charge in [-0.2, -0.15) is 13.6 Å². The number of hydrogen-bond donors (Lipinski definition) is 1. The van der Waals surface area contributed by atoms with Crippen LogP contribution in [-0.4, -0.2) is 8.42 Å². The molecule has 0 amide bonds. The van der Waals surface area contributed by atoms with Crippen LogP contribution in [0.5, 0.6) is 5.75 Å². The maximum Gasteiger partial charge on any atom is 0.380 e. The van der Waals surface area contributed by atoms with Crippen LogP contribution in [0.4, 0.5) is 4.39 Å². The number of hydrogen-bond acceptors (Lipinski definition) is 3. The van der Waals surface area contributed by atoms with Gasteiger partial charge in [0.1, 0.15) is 5.82 Å². The van der Waals surface area contributed by atoms with Crippen molar-refractivity contribution in [2.24, 2.45) is 5.14 Å². The molecule has 0 saturated carbocycles. The van der Waals surface area contributed by atoms with Crippen LogP contribution in [0.25, 0.3) is 0 Å². The largest absolute Gasteiger partial charge is 0.380 e. The van der Waals surface area contributed by atoms with Gasteiger partial charge in [0.15, 0.2) is 5.75 Å². The highest BCUT2D eigenvalue weighted by atomic mass is 79.9. The van der Waals surface area contributed by atoms with Crippen LogP contribution >= 0.6 is 15.9 Å². The molecule has 2 N–H and O–H groups in total. The first kappa shape index (κ1) is 10.4. The molecule has 7 heteroatoms. The van der Waals surface area contributed by atoms with Crippen LogP contribution in [-0.2, 0) is 10.3 Å². The summed E-state index contributed by atoms with van der Waals surface area (Å²) in [4.78, 5) is 0. The summed E-state index contributed by atoms with van der Waals surface area (Å²) < 4.78 is 38.1. The molecule has 72 valence electrons. The monoisotopic (exact) mass is 269 g/mol. The van der Waals surface area contributed by atoms with E-state index in [4.69, 9.17) is 0 Å². The summed E-state index contributed by atoms with van der Waals surface area (Å²) in [6.07, 6.45) is 0. The van der Waals surface area contributed by atoms with E-state index in [1.54, 1.807) is 0 Å². The molecular formula is C6H5BrFNO3S. The van der Waals surface area contributed by atoms with Crippen LogP contribution in [0, 0.1) is 5.82 Å². The standard InChI is InChI=1S/C6H5BrFNO3S/c7-5-2-1-4(8)3-6(5)12-13(9,10)11/h1-3H,(H2,9,10,11). The molecule has 1 aromatic carbocycles. The molecule has 0 aliphatic carbocycles. The van der Waals surface area contributed by atoms with Crippen molar-refractivity contribution >= 4 is 26.2 Å². The molecule has 1 aromatic rings. The molecule has 13 heavy (non-hydrogen) atoms. The smallest absolute Gasteiger partial charge is 0.370 e. The SMILES string of the molecule is NS(=O)(=O)Oc1cc(F)ccc1Br. The normalized spacial score (nSPS) is 11.3. The Morgan fingerprint density at radius 2 is 2.08 bits per heavy atom. The molecule has 0 atom stereocenters. The fourth-order valence-electron chi connectivity index (χ4n) is 0.666. The zero-order valence-corrected chi connectivity index (χ0v) is 8.60. The summed E-state index contributed by atoms with van der Waals surface area (Å²) in [5, 5.41) is 4.59. The van der Waals surface area contributed by atoms with Crippen molar-refractivity contribution in [3.8, 4) is 5.75 Å². The molecule has 0 aliphatic heterocycles. The summed E-state index contributed by atoms with van der Waals surface area (Å²) in [6.45, 7) is 0. The van der Waals surface area contributed by atoms with Crippen LogP contribution in [0.15, 0.2) is 22.7 Å². The molecule has 0 aliphatic rings. The van der Waals surface area contributed by atoms with E-state index in [0.717, 1.165) is 12.1 Å². The maximum atomic E-state index is 12.6. The van der Waals surface area contributed by atoms with E-state index in [9.17, 15) is 12.8 Å². The van der Waals surface area contributed by atoms with Gasteiger partial charge >= 0.3 is 10.3 Å². The predicted octanol–water partition coefficient (Wildman–Crippen LogP) is 1.17. The second kappa shape index (κ2) is 3.60. The van der Waals surface area contributed by atoms with Crippen molar-refractivity contribution in [3.63, 3.8) is 0 Å². The number of halogens is 2. The quantitative estimate of drug-likeness (QED) is 0.877. The van der Waals surface area contributed by atoms with Gasteiger partial charge in [0, 0.05) is 6.07 Å². The first-order valence-electron chi connectivity index (χ1n) is 3.06. The van der Waals surface area contributed by atoms with Gasteiger partial charge in [-0.1, -0.05) is 0 Å². The molecule has 0 radical (unpaired) electrons. The Kier molecular flexibility index (Phi) is 2.89. The van der Waals surface area contributed by atoms with Crippen molar-refractivity contribution in [2.45, 2.75) is 0 Å². The van der Waals surface area contributed by atoms with Crippen molar-refractivity contribution in [1.29, 1.82) is 0 Å². The Hall–Kier alpha value is -0.660. The minimum atomic E-state index is -4.11. The van der Waals surface area contributed by atoms with Crippen LogP contribution in [0.1, 0.15) is 0 Å². The Bertz CT molecular complexity index is 420. The van der Waals surface area contributed by atoms with Crippen LogP contribution < -0.4 is 9.32 Å². The lowest BCUT2D eigenvalue weighted by molar-refractivity contribution is 0.483. The number of rotatable bonds is 2. The second-order valence-corrected chi connectivity index (χ2v) is 4.16. The van der Waals surface area contributed by atoms with Crippen molar-refractivity contribution in [2.75, 3.05) is 0 Å². The first-order valence-corrected chi connectivity index (χ1v) is 5.32. The predicted molar refractivity (Wildman–Crippen MR) is 47.8 cm³/mol. The lowest BCUT2D eigenvalue weighted by Gasteiger charge is -2.03. The summed E-state index contributed by atoms with van der Waals surface area (Å²) in [5.41, 5.74) is 0. The highest BCUT2D eigenvalue weighted by molar-refractivity contribution is 9.10. The van der Waals surface area contributed by atoms with E-state index in [1.165, 1.54) is 6.07 Å². The van der Waals surface area contributed by atoms with Crippen molar-refractivity contribution in [3.05, 3.63) is 28.5 Å². The van der Waals surface area contributed by atoms with E-state index in [-0.39, 0.29) is 5.75 Å². The Balaban J connectivity index is 3.08. The fourth-order valence-corrected chi connectivity index (χ4v) is 1.49. The summed E-state index contributed by atoms with van der Waals surface area (Å²) in [5.74, 6) is -0.788. The van der Waals surface area contributed by atoms with Gasteiger partial charge in [-0.3, -0.25) is 0 Å².